The molecule has 0 spiro atoms. The van der Waals surface area contributed by atoms with Crippen LogP contribution in [0.5, 0.6) is 0 Å². The van der Waals surface area contributed by atoms with Gasteiger partial charge in [0.05, 0.1) is 0 Å². The Hall–Kier alpha value is -0.310. The number of nitrogens with two attached hydrogens (primary N) is 1. The summed E-state index contributed by atoms with van der Waals surface area (Å²) in [5.74, 6) is 1.85. The van der Waals surface area contributed by atoms with Gasteiger partial charge in [-0.25, -0.2) is 0 Å². The fourth-order valence-corrected chi connectivity index (χ4v) is 2.12. The molecule has 0 unspecified atom stereocenters. The summed E-state index contributed by atoms with van der Waals surface area (Å²) in [6, 6.07) is 0. The van der Waals surface area contributed by atoms with E-state index in [0.717, 1.165) is 18.4 Å². The molecular formula is C10H20N2S. The minimum atomic E-state index is 0.434. The van der Waals surface area contributed by atoms with Crippen LogP contribution in [0.15, 0.2) is 0 Å². The van der Waals surface area contributed by atoms with E-state index in [-0.39, 0.29) is 0 Å². The van der Waals surface area contributed by atoms with Crippen LogP contribution in [0, 0.1) is 11.8 Å². The van der Waals surface area contributed by atoms with E-state index in [1.807, 2.05) is 0 Å². The maximum absolute atomic E-state index is 5.35. The summed E-state index contributed by atoms with van der Waals surface area (Å²) >= 11 is 4.75. The van der Waals surface area contributed by atoms with Crippen molar-refractivity contribution >= 4 is 17.3 Å². The SMILES string of the molecule is CC1CCC(CCNC(N)=S)CC1. The van der Waals surface area contributed by atoms with Crippen molar-refractivity contribution in [2.24, 2.45) is 17.6 Å². The molecule has 0 radical (unpaired) electrons. The Morgan fingerprint density at radius 3 is 2.54 bits per heavy atom. The van der Waals surface area contributed by atoms with Crippen LogP contribution in [0.1, 0.15) is 39.0 Å². The minimum absolute atomic E-state index is 0.434. The molecule has 76 valence electrons. The topological polar surface area (TPSA) is 38.0 Å². The van der Waals surface area contributed by atoms with Gasteiger partial charge in [-0.05, 0) is 30.5 Å². The summed E-state index contributed by atoms with van der Waals surface area (Å²) in [6.07, 6.45) is 6.81. The summed E-state index contributed by atoms with van der Waals surface area (Å²) in [4.78, 5) is 0. The Morgan fingerprint density at radius 1 is 1.38 bits per heavy atom. The maximum atomic E-state index is 5.35. The minimum Gasteiger partial charge on any atom is -0.376 e. The Bertz CT molecular complexity index is 162. The normalized spacial score (nSPS) is 28.4. The Morgan fingerprint density at radius 2 is 2.00 bits per heavy atom. The summed E-state index contributed by atoms with van der Waals surface area (Å²) in [5.41, 5.74) is 5.35. The van der Waals surface area contributed by atoms with Crippen LogP contribution in [0.2, 0.25) is 0 Å². The molecule has 0 bridgehead atoms. The van der Waals surface area contributed by atoms with Gasteiger partial charge in [0, 0.05) is 6.54 Å². The standard InChI is InChI=1S/C10H20N2S/c1-8-2-4-9(5-3-8)6-7-12-10(11)13/h8-9H,2-7H2,1H3,(H3,11,12,13). The van der Waals surface area contributed by atoms with E-state index in [1.54, 1.807) is 0 Å². The molecule has 0 saturated heterocycles. The highest BCUT2D eigenvalue weighted by molar-refractivity contribution is 7.80. The zero-order chi connectivity index (χ0) is 9.68. The van der Waals surface area contributed by atoms with Gasteiger partial charge >= 0.3 is 0 Å². The van der Waals surface area contributed by atoms with E-state index < -0.39 is 0 Å². The second-order valence-corrected chi connectivity index (χ2v) is 4.65. The van der Waals surface area contributed by atoms with E-state index in [2.05, 4.69) is 12.2 Å². The van der Waals surface area contributed by atoms with Crippen LogP contribution in [0.25, 0.3) is 0 Å². The van der Waals surface area contributed by atoms with Gasteiger partial charge in [0.15, 0.2) is 5.11 Å². The fraction of sp³-hybridized carbons (Fsp3) is 0.900. The van der Waals surface area contributed by atoms with Crippen LogP contribution >= 0.6 is 12.2 Å². The fourth-order valence-electron chi connectivity index (χ4n) is 2.02. The average Bonchev–Trinajstić information content (AvgIpc) is 2.08. The number of hydrogen-bond donors (Lipinski definition) is 2. The Balaban J connectivity index is 2.05. The highest BCUT2D eigenvalue weighted by Gasteiger charge is 2.17. The first-order chi connectivity index (χ1) is 6.18. The zero-order valence-electron chi connectivity index (χ0n) is 8.38. The summed E-state index contributed by atoms with van der Waals surface area (Å²) in [5, 5.41) is 3.45. The smallest absolute Gasteiger partial charge is 0.163 e. The first-order valence-corrected chi connectivity index (χ1v) is 5.62. The first-order valence-electron chi connectivity index (χ1n) is 5.21. The van der Waals surface area contributed by atoms with Gasteiger partial charge in [0.25, 0.3) is 0 Å². The predicted octanol–water partition coefficient (Wildman–Crippen LogP) is 2.04. The summed E-state index contributed by atoms with van der Waals surface area (Å²) < 4.78 is 0. The Kier molecular flexibility index (Phi) is 4.50. The third-order valence-electron chi connectivity index (χ3n) is 2.99. The number of hydrogen-bond acceptors (Lipinski definition) is 1. The summed E-state index contributed by atoms with van der Waals surface area (Å²) in [6.45, 7) is 3.30. The van der Waals surface area contributed by atoms with Gasteiger partial charge in [-0.2, -0.15) is 0 Å². The molecule has 0 aromatic heterocycles. The van der Waals surface area contributed by atoms with Crippen LogP contribution in [-0.4, -0.2) is 11.7 Å². The molecule has 0 amide bonds. The molecule has 0 atom stereocenters. The van der Waals surface area contributed by atoms with Crippen LogP contribution in [0.4, 0.5) is 0 Å². The lowest BCUT2D eigenvalue weighted by molar-refractivity contribution is 0.278. The molecule has 3 heteroatoms. The third-order valence-corrected chi connectivity index (χ3v) is 3.13. The lowest BCUT2D eigenvalue weighted by Gasteiger charge is -2.26. The molecule has 0 aliphatic heterocycles. The summed E-state index contributed by atoms with van der Waals surface area (Å²) in [7, 11) is 0. The zero-order valence-corrected chi connectivity index (χ0v) is 9.20. The molecule has 1 fully saturated rings. The van der Waals surface area contributed by atoms with E-state index in [4.69, 9.17) is 18.0 Å². The third kappa shape index (κ3) is 4.46. The molecule has 0 aromatic carbocycles. The van der Waals surface area contributed by atoms with Gasteiger partial charge in [-0.1, -0.05) is 32.6 Å². The van der Waals surface area contributed by atoms with Crippen LogP contribution < -0.4 is 11.1 Å². The molecule has 13 heavy (non-hydrogen) atoms. The Labute approximate surface area is 86.3 Å². The van der Waals surface area contributed by atoms with Crippen molar-refractivity contribution in [1.29, 1.82) is 0 Å². The van der Waals surface area contributed by atoms with Gasteiger partial charge in [-0.15, -0.1) is 0 Å². The number of nitrogens with one attached hydrogen (secondary N) is 1. The highest BCUT2D eigenvalue weighted by Crippen LogP contribution is 2.29. The predicted molar refractivity (Wildman–Crippen MR) is 60.5 cm³/mol. The molecule has 1 rings (SSSR count). The van der Waals surface area contributed by atoms with Crippen molar-refractivity contribution in [3.05, 3.63) is 0 Å². The van der Waals surface area contributed by atoms with Gasteiger partial charge in [0.1, 0.15) is 0 Å². The molecule has 1 aliphatic rings. The van der Waals surface area contributed by atoms with Crippen molar-refractivity contribution in [1.82, 2.24) is 5.32 Å². The molecule has 2 nitrogen and oxygen atoms in total. The lowest BCUT2D eigenvalue weighted by Crippen LogP contribution is -2.31. The average molecular weight is 200 g/mol. The molecular weight excluding hydrogens is 180 g/mol. The number of thiocarbonyl (C=S) groups is 1. The van der Waals surface area contributed by atoms with E-state index >= 15 is 0 Å². The van der Waals surface area contributed by atoms with E-state index in [0.29, 0.717) is 5.11 Å². The molecule has 0 aromatic rings. The van der Waals surface area contributed by atoms with Crippen molar-refractivity contribution in [3.8, 4) is 0 Å². The number of rotatable bonds is 3. The second-order valence-electron chi connectivity index (χ2n) is 4.21. The van der Waals surface area contributed by atoms with Gasteiger partial charge in [-0.3, -0.25) is 0 Å². The molecule has 3 N–H and O–H groups in total. The van der Waals surface area contributed by atoms with Crippen molar-refractivity contribution in [2.45, 2.75) is 39.0 Å². The van der Waals surface area contributed by atoms with Crippen LogP contribution in [-0.2, 0) is 0 Å². The molecule has 1 aliphatic carbocycles. The maximum Gasteiger partial charge on any atom is 0.163 e. The lowest BCUT2D eigenvalue weighted by atomic mass is 9.81. The quantitative estimate of drug-likeness (QED) is 0.685. The van der Waals surface area contributed by atoms with E-state index in [9.17, 15) is 0 Å². The molecule has 0 heterocycles. The van der Waals surface area contributed by atoms with Crippen molar-refractivity contribution < 1.29 is 0 Å². The van der Waals surface area contributed by atoms with Crippen molar-refractivity contribution in [2.75, 3.05) is 6.54 Å². The largest absolute Gasteiger partial charge is 0.376 e. The monoisotopic (exact) mass is 200 g/mol. The first kappa shape index (κ1) is 10.8. The molecule has 1 saturated carbocycles. The van der Waals surface area contributed by atoms with Crippen molar-refractivity contribution in [3.63, 3.8) is 0 Å². The van der Waals surface area contributed by atoms with Gasteiger partial charge < -0.3 is 11.1 Å². The second kappa shape index (κ2) is 5.43. The highest BCUT2D eigenvalue weighted by atomic mass is 32.1. The van der Waals surface area contributed by atoms with Crippen LogP contribution in [0.3, 0.4) is 0 Å². The van der Waals surface area contributed by atoms with E-state index in [1.165, 1.54) is 32.1 Å². The van der Waals surface area contributed by atoms with Gasteiger partial charge in [0.2, 0.25) is 0 Å².